The Labute approximate surface area is 89.9 Å². The van der Waals surface area contributed by atoms with Crippen molar-refractivity contribution in [2.45, 2.75) is 19.9 Å². The van der Waals surface area contributed by atoms with Crippen molar-refractivity contribution in [3.05, 3.63) is 28.9 Å². The Hall–Kier alpha value is -0.900. The average Bonchev–Trinajstić information content (AvgIpc) is 2.46. The summed E-state index contributed by atoms with van der Waals surface area (Å²) < 4.78 is 16.3. The van der Waals surface area contributed by atoms with Gasteiger partial charge in [0.1, 0.15) is 0 Å². The van der Waals surface area contributed by atoms with Crippen molar-refractivity contribution in [1.82, 2.24) is 9.55 Å². The van der Waals surface area contributed by atoms with Crippen LogP contribution >= 0.6 is 15.9 Å². The van der Waals surface area contributed by atoms with Crippen molar-refractivity contribution in [3.8, 4) is 0 Å². The molecule has 0 unspecified atom stereocenters. The van der Waals surface area contributed by atoms with Crippen molar-refractivity contribution in [1.29, 1.82) is 0 Å². The second-order valence-electron chi connectivity index (χ2n) is 3.50. The van der Waals surface area contributed by atoms with Gasteiger partial charge in [0.15, 0.2) is 5.82 Å². The molecule has 0 N–H and O–H groups in total. The van der Waals surface area contributed by atoms with E-state index in [2.05, 4.69) is 20.9 Å². The maximum Gasteiger partial charge on any atom is 0.165 e. The number of aromatic nitrogens is 2. The van der Waals surface area contributed by atoms with E-state index in [1.165, 1.54) is 6.20 Å². The first kappa shape index (κ1) is 9.65. The van der Waals surface area contributed by atoms with E-state index in [4.69, 9.17) is 0 Å². The van der Waals surface area contributed by atoms with E-state index in [-0.39, 0.29) is 11.9 Å². The number of pyridine rings is 1. The van der Waals surface area contributed by atoms with Crippen molar-refractivity contribution in [3.63, 3.8) is 0 Å². The second-order valence-corrected chi connectivity index (χ2v) is 4.35. The van der Waals surface area contributed by atoms with E-state index in [9.17, 15) is 4.39 Å². The quantitative estimate of drug-likeness (QED) is 0.764. The topological polar surface area (TPSA) is 17.8 Å². The van der Waals surface area contributed by atoms with Crippen LogP contribution < -0.4 is 0 Å². The SMILES string of the molecule is CC(C)n1cc(Br)c2cncc(F)c21. The maximum absolute atomic E-state index is 13.5. The molecule has 74 valence electrons. The zero-order valence-electron chi connectivity index (χ0n) is 7.96. The highest BCUT2D eigenvalue weighted by Gasteiger charge is 2.12. The first-order chi connectivity index (χ1) is 6.61. The molecule has 0 bridgehead atoms. The van der Waals surface area contributed by atoms with Crippen LogP contribution in [0.4, 0.5) is 4.39 Å². The van der Waals surface area contributed by atoms with Gasteiger partial charge in [-0.3, -0.25) is 4.98 Å². The first-order valence-electron chi connectivity index (χ1n) is 4.41. The van der Waals surface area contributed by atoms with Gasteiger partial charge >= 0.3 is 0 Å². The number of hydrogen-bond acceptors (Lipinski definition) is 1. The highest BCUT2D eigenvalue weighted by Crippen LogP contribution is 2.29. The molecule has 0 saturated heterocycles. The Bertz CT molecular complexity index is 476. The van der Waals surface area contributed by atoms with Crippen LogP contribution in [-0.4, -0.2) is 9.55 Å². The van der Waals surface area contributed by atoms with E-state index in [1.807, 2.05) is 24.6 Å². The molecule has 2 aromatic heterocycles. The number of hydrogen-bond donors (Lipinski definition) is 0. The molecule has 0 aromatic carbocycles. The van der Waals surface area contributed by atoms with Gasteiger partial charge in [-0.2, -0.15) is 0 Å². The van der Waals surface area contributed by atoms with Gasteiger partial charge in [0.25, 0.3) is 0 Å². The predicted octanol–water partition coefficient (Wildman–Crippen LogP) is 3.52. The van der Waals surface area contributed by atoms with Crippen LogP contribution in [0.3, 0.4) is 0 Å². The summed E-state index contributed by atoms with van der Waals surface area (Å²) in [6.45, 7) is 4.04. The summed E-state index contributed by atoms with van der Waals surface area (Å²) in [7, 11) is 0. The molecule has 2 nitrogen and oxygen atoms in total. The molecule has 14 heavy (non-hydrogen) atoms. The van der Waals surface area contributed by atoms with Crippen molar-refractivity contribution in [2.75, 3.05) is 0 Å². The lowest BCUT2D eigenvalue weighted by Crippen LogP contribution is -1.99. The Morgan fingerprint density at radius 2 is 2.14 bits per heavy atom. The summed E-state index contributed by atoms with van der Waals surface area (Å²) in [5.41, 5.74) is 0.613. The Morgan fingerprint density at radius 3 is 2.79 bits per heavy atom. The van der Waals surface area contributed by atoms with Crippen LogP contribution in [0.1, 0.15) is 19.9 Å². The number of fused-ring (bicyclic) bond motifs is 1. The fourth-order valence-electron chi connectivity index (χ4n) is 1.53. The summed E-state index contributed by atoms with van der Waals surface area (Å²) in [6, 6.07) is 0.237. The summed E-state index contributed by atoms with van der Waals surface area (Å²) in [6.07, 6.45) is 4.80. The molecule has 0 aliphatic carbocycles. The Kier molecular flexibility index (Phi) is 2.31. The third-order valence-electron chi connectivity index (χ3n) is 2.20. The van der Waals surface area contributed by atoms with E-state index >= 15 is 0 Å². The molecule has 2 rings (SSSR count). The van der Waals surface area contributed by atoms with Gasteiger partial charge in [-0.15, -0.1) is 0 Å². The number of nitrogens with zero attached hydrogens (tertiary/aromatic N) is 2. The molecule has 0 fully saturated rings. The normalized spacial score (nSPS) is 11.5. The predicted molar refractivity (Wildman–Crippen MR) is 57.8 cm³/mol. The highest BCUT2D eigenvalue weighted by atomic mass is 79.9. The molecule has 0 radical (unpaired) electrons. The molecule has 0 atom stereocenters. The first-order valence-corrected chi connectivity index (χ1v) is 5.20. The third-order valence-corrected chi connectivity index (χ3v) is 2.83. The molecule has 0 amide bonds. The lowest BCUT2D eigenvalue weighted by atomic mass is 10.3. The van der Waals surface area contributed by atoms with Gasteiger partial charge < -0.3 is 4.57 Å². The summed E-state index contributed by atoms with van der Waals surface area (Å²) in [5.74, 6) is -0.276. The minimum atomic E-state index is -0.276. The van der Waals surface area contributed by atoms with Gasteiger partial charge in [0.2, 0.25) is 0 Å². The summed E-state index contributed by atoms with van der Waals surface area (Å²) >= 11 is 3.39. The van der Waals surface area contributed by atoms with Crippen molar-refractivity contribution >= 4 is 26.8 Å². The number of halogens is 2. The molecule has 0 aliphatic rings. The maximum atomic E-state index is 13.5. The standard InChI is InChI=1S/C10H10BrFN2/c1-6(2)14-5-8(11)7-3-13-4-9(12)10(7)14/h3-6H,1-2H3. The van der Waals surface area contributed by atoms with Crippen molar-refractivity contribution < 1.29 is 4.39 Å². The van der Waals surface area contributed by atoms with Gasteiger partial charge in [-0.05, 0) is 29.8 Å². The lowest BCUT2D eigenvalue weighted by Gasteiger charge is -2.08. The fraction of sp³-hybridized carbons (Fsp3) is 0.300. The Balaban J connectivity index is 2.86. The smallest absolute Gasteiger partial charge is 0.165 e. The molecule has 4 heteroatoms. The van der Waals surface area contributed by atoms with Crippen LogP contribution in [0, 0.1) is 5.82 Å². The average molecular weight is 257 g/mol. The second kappa shape index (κ2) is 3.35. The molecule has 2 aromatic rings. The largest absolute Gasteiger partial charge is 0.341 e. The van der Waals surface area contributed by atoms with Crippen LogP contribution in [0.25, 0.3) is 10.9 Å². The summed E-state index contributed by atoms with van der Waals surface area (Å²) in [4.78, 5) is 3.83. The number of rotatable bonds is 1. The van der Waals surface area contributed by atoms with Gasteiger partial charge in [-0.1, -0.05) is 0 Å². The molecule has 0 spiro atoms. The van der Waals surface area contributed by atoms with E-state index < -0.39 is 0 Å². The molecular formula is C10H10BrFN2. The van der Waals surface area contributed by atoms with Gasteiger partial charge in [0.05, 0.1) is 11.7 Å². The third kappa shape index (κ3) is 1.34. The summed E-state index contributed by atoms with van der Waals surface area (Å²) in [5, 5.41) is 0.818. The van der Waals surface area contributed by atoms with Crippen molar-refractivity contribution in [2.24, 2.45) is 0 Å². The zero-order chi connectivity index (χ0) is 10.3. The fourth-order valence-corrected chi connectivity index (χ4v) is 2.04. The van der Waals surface area contributed by atoms with Gasteiger partial charge in [-0.25, -0.2) is 4.39 Å². The van der Waals surface area contributed by atoms with Gasteiger partial charge in [0, 0.05) is 28.3 Å². The molecule has 0 saturated carbocycles. The van der Waals surface area contributed by atoms with Crippen LogP contribution in [0.5, 0.6) is 0 Å². The van der Waals surface area contributed by atoms with Crippen LogP contribution in [0.15, 0.2) is 23.1 Å². The minimum Gasteiger partial charge on any atom is -0.341 e. The molecular weight excluding hydrogens is 247 g/mol. The monoisotopic (exact) mass is 256 g/mol. The highest BCUT2D eigenvalue weighted by molar-refractivity contribution is 9.10. The lowest BCUT2D eigenvalue weighted by molar-refractivity contribution is 0.585. The van der Waals surface area contributed by atoms with Crippen LogP contribution in [0.2, 0.25) is 0 Å². The van der Waals surface area contributed by atoms with Crippen LogP contribution in [-0.2, 0) is 0 Å². The zero-order valence-corrected chi connectivity index (χ0v) is 9.55. The molecule has 0 aliphatic heterocycles. The van der Waals surface area contributed by atoms with E-state index in [1.54, 1.807) is 6.20 Å². The van der Waals surface area contributed by atoms with E-state index in [0.29, 0.717) is 5.52 Å². The minimum absolute atomic E-state index is 0.237. The van der Waals surface area contributed by atoms with E-state index in [0.717, 1.165) is 9.86 Å². The molecule has 2 heterocycles. The Morgan fingerprint density at radius 1 is 1.43 bits per heavy atom.